The number of methoxy groups -OCH3 is 1. The van der Waals surface area contributed by atoms with Gasteiger partial charge in [-0.05, 0) is 31.5 Å². The Morgan fingerprint density at radius 3 is 2.27 bits per heavy atom. The van der Waals surface area contributed by atoms with Crippen LogP contribution < -0.4 is 4.90 Å². The molecule has 1 aliphatic heterocycles. The molecular formula is C20H20F6N2O5. The van der Waals surface area contributed by atoms with E-state index in [4.69, 9.17) is 5.11 Å². The standard InChI is InChI=1S/C20H20F6N2O5/c1-11-10-28(15(18(32)33-2)5-6-17(30)31)16(29)7-8-27(11)12-3-4-13(19(21,22)23)14(9-12)20(24,25)26/h3-4,7-9,11,15H,5-6,10H2,1-2H3,(H,30,31)/t11-,15+/m1/s1. The van der Waals surface area contributed by atoms with Crippen molar-refractivity contribution in [3.8, 4) is 0 Å². The number of anilines is 1. The molecule has 0 saturated heterocycles. The van der Waals surface area contributed by atoms with Gasteiger partial charge in [0.15, 0.2) is 0 Å². The minimum Gasteiger partial charge on any atom is -0.481 e. The number of esters is 1. The van der Waals surface area contributed by atoms with E-state index in [0.29, 0.717) is 12.1 Å². The number of amides is 1. The van der Waals surface area contributed by atoms with E-state index < -0.39 is 59.8 Å². The Balaban J connectivity index is 2.43. The number of carbonyl (C=O) groups excluding carboxylic acids is 2. The molecule has 0 aliphatic carbocycles. The zero-order valence-electron chi connectivity index (χ0n) is 17.4. The molecule has 182 valence electrons. The lowest BCUT2D eigenvalue weighted by atomic mass is 10.0. The molecule has 2 rings (SSSR count). The van der Waals surface area contributed by atoms with Gasteiger partial charge in [0.25, 0.3) is 0 Å². The molecule has 1 aliphatic rings. The average Bonchev–Trinajstić information content (AvgIpc) is 2.84. The van der Waals surface area contributed by atoms with Gasteiger partial charge < -0.3 is 19.6 Å². The topological polar surface area (TPSA) is 87.2 Å². The molecule has 1 heterocycles. The van der Waals surface area contributed by atoms with E-state index in [-0.39, 0.29) is 18.7 Å². The van der Waals surface area contributed by atoms with Gasteiger partial charge in [0.05, 0.1) is 18.2 Å². The summed E-state index contributed by atoms with van der Waals surface area (Å²) < 4.78 is 83.8. The number of rotatable bonds is 6. The van der Waals surface area contributed by atoms with Crippen LogP contribution in [-0.2, 0) is 31.5 Å². The summed E-state index contributed by atoms with van der Waals surface area (Å²) in [6, 6.07) is -0.563. The molecule has 0 spiro atoms. The smallest absolute Gasteiger partial charge is 0.417 e. The van der Waals surface area contributed by atoms with E-state index in [1.165, 1.54) is 11.8 Å². The van der Waals surface area contributed by atoms with E-state index >= 15 is 0 Å². The van der Waals surface area contributed by atoms with E-state index in [1.807, 2.05) is 0 Å². The number of halogens is 6. The summed E-state index contributed by atoms with van der Waals surface area (Å²) >= 11 is 0. The summed E-state index contributed by atoms with van der Waals surface area (Å²) in [6.07, 6.45) is -9.21. The minimum atomic E-state index is -5.28. The summed E-state index contributed by atoms with van der Waals surface area (Å²) in [5, 5.41) is 8.90. The first-order valence-corrected chi connectivity index (χ1v) is 9.52. The number of hydrogen-bond acceptors (Lipinski definition) is 5. The number of nitrogens with zero attached hydrogens (tertiary/aromatic N) is 2. The quantitative estimate of drug-likeness (QED) is 0.492. The molecule has 1 N–H and O–H groups in total. The highest BCUT2D eigenvalue weighted by Crippen LogP contribution is 2.42. The lowest BCUT2D eigenvalue weighted by Gasteiger charge is -2.33. The van der Waals surface area contributed by atoms with Crippen molar-refractivity contribution in [3.63, 3.8) is 0 Å². The van der Waals surface area contributed by atoms with Gasteiger partial charge in [-0.3, -0.25) is 9.59 Å². The van der Waals surface area contributed by atoms with Crippen LogP contribution in [0.15, 0.2) is 30.5 Å². The molecule has 0 unspecified atom stereocenters. The largest absolute Gasteiger partial charge is 0.481 e. The molecule has 0 fully saturated rings. The van der Waals surface area contributed by atoms with Crippen LogP contribution in [0.5, 0.6) is 0 Å². The van der Waals surface area contributed by atoms with Crippen LogP contribution in [-0.4, -0.2) is 53.6 Å². The van der Waals surface area contributed by atoms with Gasteiger partial charge in [-0.1, -0.05) is 0 Å². The van der Waals surface area contributed by atoms with Crippen molar-refractivity contribution in [2.45, 2.75) is 44.2 Å². The number of ether oxygens (including phenoxy) is 1. The Hall–Kier alpha value is -3.25. The molecule has 0 aromatic heterocycles. The maximum Gasteiger partial charge on any atom is 0.417 e. The van der Waals surface area contributed by atoms with Crippen LogP contribution in [0.4, 0.5) is 32.0 Å². The monoisotopic (exact) mass is 482 g/mol. The van der Waals surface area contributed by atoms with E-state index in [1.54, 1.807) is 0 Å². The van der Waals surface area contributed by atoms with Crippen LogP contribution in [0.1, 0.15) is 30.9 Å². The number of carboxylic acids is 1. The number of alkyl halides is 6. The third-order valence-corrected chi connectivity index (χ3v) is 4.99. The first kappa shape index (κ1) is 26.0. The molecule has 7 nitrogen and oxygen atoms in total. The SMILES string of the molecule is COC(=O)[C@H](CCC(=O)O)N1C[C@@H](C)N(c2ccc(C(F)(F)F)c(C(F)(F)F)c2)C=CC1=O. The van der Waals surface area contributed by atoms with E-state index in [9.17, 15) is 40.7 Å². The molecule has 0 bridgehead atoms. The second-order valence-electron chi connectivity index (χ2n) is 7.26. The van der Waals surface area contributed by atoms with Gasteiger partial charge in [0.2, 0.25) is 5.91 Å². The van der Waals surface area contributed by atoms with Crippen molar-refractivity contribution in [2.75, 3.05) is 18.6 Å². The van der Waals surface area contributed by atoms with Crippen LogP contribution in [0, 0.1) is 0 Å². The van der Waals surface area contributed by atoms with Crippen LogP contribution in [0.25, 0.3) is 0 Å². The Bertz CT molecular complexity index is 944. The van der Waals surface area contributed by atoms with Crippen LogP contribution >= 0.6 is 0 Å². The van der Waals surface area contributed by atoms with Gasteiger partial charge in [-0.2, -0.15) is 26.3 Å². The van der Waals surface area contributed by atoms with E-state index in [0.717, 1.165) is 30.4 Å². The van der Waals surface area contributed by atoms with Crippen LogP contribution in [0.2, 0.25) is 0 Å². The fourth-order valence-electron chi connectivity index (χ4n) is 3.44. The number of benzene rings is 1. The molecule has 1 amide bonds. The molecule has 33 heavy (non-hydrogen) atoms. The van der Waals surface area contributed by atoms with Crippen molar-refractivity contribution in [1.82, 2.24) is 4.90 Å². The molecule has 13 heteroatoms. The molecule has 0 saturated carbocycles. The van der Waals surface area contributed by atoms with Crippen LogP contribution in [0.3, 0.4) is 0 Å². The fourth-order valence-corrected chi connectivity index (χ4v) is 3.44. The predicted molar refractivity (Wildman–Crippen MR) is 102 cm³/mol. The van der Waals surface area contributed by atoms with Crippen molar-refractivity contribution in [1.29, 1.82) is 0 Å². The first-order valence-electron chi connectivity index (χ1n) is 9.52. The van der Waals surface area contributed by atoms with Crippen molar-refractivity contribution in [3.05, 3.63) is 41.6 Å². The summed E-state index contributed by atoms with van der Waals surface area (Å²) in [6.45, 7) is 1.24. The predicted octanol–water partition coefficient (Wildman–Crippen LogP) is 3.68. The molecule has 1 aromatic carbocycles. The molecule has 1 aromatic rings. The number of hydrogen-bond donors (Lipinski definition) is 1. The molecular weight excluding hydrogens is 462 g/mol. The zero-order chi connectivity index (χ0) is 25.1. The van der Waals surface area contributed by atoms with Crippen molar-refractivity contribution in [2.24, 2.45) is 0 Å². The highest BCUT2D eigenvalue weighted by Gasteiger charge is 2.43. The van der Waals surface area contributed by atoms with Gasteiger partial charge in [0.1, 0.15) is 6.04 Å². The van der Waals surface area contributed by atoms with E-state index in [2.05, 4.69) is 4.74 Å². The van der Waals surface area contributed by atoms with Crippen molar-refractivity contribution < 1.29 is 50.6 Å². The maximum absolute atomic E-state index is 13.3. The van der Waals surface area contributed by atoms with Gasteiger partial charge in [-0.25, -0.2) is 4.79 Å². The fraction of sp³-hybridized carbons (Fsp3) is 0.450. The Labute approximate surface area is 184 Å². The number of carbonyl (C=O) groups is 3. The molecule has 2 atom stereocenters. The minimum absolute atomic E-state index is 0.242. The van der Waals surface area contributed by atoms with Gasteiger partial charge in [-0.15, -0.1) is 0 Å². The number of aliphatic carboxylic acids is 1. The Morgan fingerprint density at radius 2 is 1.76 bits per heavy atom. The molecule has 0 radical (unpaired) electrons. The van der Waals surface area contributed by atoms with Gasteiger partial charge >= 0.3 is 24.3 Å². The zero-order valence-corrected chi connectivity index (χ0v) is 17.4. The first-order chi connectivity index (χ1) is 15.2. The third kappa shape index (κ3) is 6.17. The number of carboxylic acid groups (broad SMARTS) is 1. The normalized spacial score (nSPS) is 18.2. The average molecular weight is 482 g/mol. The summed E-state index contributed by atoms with van der Waals surface area (Å²) in [5.74, 6) is -2.85. The lowest BCUT2D eigenvalue weighted by Crippen LogP contribution is -2.49. The Kier molecular flexibility index (Phi) is 7.65. The highest BCUT2D eigenvalue weighted by atomic mass is 19.4. The summed E-state index contributed by atoms with van der Waals surface area (Å²) in [5.41, 5.74) is -3.98. The highest BCUT2D eigenvalue weighted by molar-refractivity contribution is 5.92. The maximum atomic E-state index is 13.3. The summed E-state index contributed by atoms with van der Waals surface area (Å²) in [7, 11) is 1.05. The Morgan fingerprint density at radius 1 is 1.15 bits per heavy atom. The second-order valence-corrected chi connectivity index (χ2v) is 7.26. The third-order valence-electron chi connectivity index (χ3n) is 4.99. The second kappa shape index (κ2) is 9.71. The lowest BCUT2D eigenvalue weighted by molar-refractivity contribution is -0.162. The van der Waals surface area contributed by atoms with Crippen molar-refractivity contribution >= 4 is 23.5 Å². The van der Waals surface area contributed by atoms with Gasteiger partial charge in [0, 0.05) is 37.0 Å². The summed E-state index contributed by atoms with van der Waals surface area (Å²) in [4.78, 5) is 37.8.